The van der Waals surface area contributed by atoms with Gasteiger partial charge in [0.05, 0.1) is 0 Å². The second kappa shape index (κ2) is 9.56. The van der Waals surface area contributed by atoms with Crippen molar-refractivity contribution in [1.29, 1.82) is 0 Å². The molecule has 0 spiro atoms. The first-order valence-corrected chi connectivity index (χ1v) is 8.84. The molecule has 0 aliphatic heterocycles. The first-order chi connectivity index (χ1) is 12.5. The fraction of sp³-hybridized carbons (Fsp3) is 0.273. The van der Waals surface area contributed by atoms with Gasteiger partial charge in [0, 0.05) is 11.8 Å². The number of carbonyl (C=O) groups is 2. The summed E-state index contributed by atoms with van der Waals surface area (Å²) in [5, 5.41) is 2.86. The van der Waals surface area contributed by atoms with Crippen LogP contribution in [0.3, 0.4) is 0 Å². The first-order valence-electron chi connectivity index (χ1n) is 8.84. The number of benzene rings is 2. The minimum Gasteiger partial charge on any atom is -0.449 e. The molecule has 0 saturated heterocycles. The Morgan fingerprint density at radius 2 is 1.69 bits per heavy atom. The quantitative estimate of drug-likeness (QED) is 0.577. The van der Waals surface area contributed by atoms with Crippen LogP contribution in [-0.2, 0) is 14.3 Å². The molecule has 2 atom stereocenters. The molecule has 2 aromatic carbocycles. The van der Waals surface area contributed by atoms with E-state index in [9.17, 15) is 9.59 Å². The number of ether oxygens (including phenoxy) is 1. The van der Waals surface area contributed by atoms with Crippen LogP contribution in [0.15, 0.2) is 60.7 Å². The maximum atomic E-state index is 12.4. The van der Waals surface area contributed by atoms with Gasteiger partial charge >= 0.3 is 5.97 Å². The van der Waals surface area contributed by atoms with Crippen LogP contribution in [0.2, 0.25) is 0 Å². The van der Waals surface area contributed by atoms with E-state index >= 15 is 0 Å². The van der Waals surface area contributed by atoms with E-state index in [-0.39, 0.29) is 5.91 Å². The van der Waals surface area contributed by atoms with E-state index in [4.69, 9.17) is 4.74 Å². The zero-order chi connectivity index (χ0) is 18.9. The highest BCUT2D eigenvalue weighted by Crippen LogP contribution is 2.26. The molecule has 0 saturated carbocycles. The van der Waals surface area contributed by atoms with E-state index in [0.29, 0.717) is 5.92 Å². The number of rotatable bonds is 7. The van der Waals surface area contributed by atoms with Gasteiger partial charge in [0.2, 0.25) is 0 Å². The molecule has 0 bridgehead atoms. The van der Waals surface area contributed by atoms with Gasteiger partial charge < -0.3 is 10.1 Å². The van der Waals surface area contributed by atoms with Crippen molar-refractivity contribution in [2.75, 3.05) is 5.32 Å². The summed E-state index contributed by atoms with van der Waals surface area (Å²) in [5.41, 5.74) is 2.73. The van der Waals surface area contributed by atoms with Crippen molar-refractivity contribution in [3.05, 3.63) is 71.8 Å². The van der Waals surface area contributed by atoms with Crippen LogP contribution in [-0.4, -0.2) is 18.0 Å². The van der Waals surface area contributed by atoms with Crippen molar-refractivity contribution in [3.63, 3.8) is 0 Å². The van der Waals surface area contributed by atoms with Crippen molar-refractivity contribution in [1.82, 2.24) is 0 Å². The second-order valence-electron chi connectivity index (χ2n) is 6.21. The van der Waals surface area contributed by atoms with Crippen LogP contribution in [0.25, 0.3) is 6.08 Å². The topological polar surface area (TPSA) is 55.4 Å². The van der Waals surface area contributed by atoms with Crippen molar-refractivity contribution in [2.45, 2.75) is 39.2 Å². The van der Waals surface area contributed by atoms with Crippen molar-refractivity contribution < 1.29 is 14.3 Å². The van der Waals surface area contributed by atoms with Gasteiger partial charge in [-0.2, -0.15) is 0 Å². The smallest absolute Gasteiger partial charge is 0.331 e. The molecular formula is C22H25NO3. The third-order valence-corrected chi connectivity index (χ3v) is 4.24. The van der Waals surface area contributed by atoms with Crippen LogP contribution in [0, 0.1) is 0 Å². The van der Waals surface area contributed by atoms with E-state index in [0.717, 1.165) is 23.2 Å². The number of nitrogens with one attached hydrogen (secondary N) is 1. The van der Waals surface area contributed by atoms with Crippen LogP contribution in [0.5, 0.6) is 0 Å². The molecule has 136 valence electrons. The third kappa shape index (κ3) is 5.59. The van der Waals surface area contributed by atoms with E-state index in [1.807, 2.05) is 54.6 Å². The Bertz CT molecular complexity index is 768. The summed E-state index contributed by atoms with van der Waals surface area (Å²) in [6.07, 6.45) is 3.08. The molecule has 0 unspecified atom stereocenters. The highest BCUT2D eigenvalue weighted by atomic mass is 16.5. The van der Waals surface area contributed by atoms with Gasteiger partial charge in [-0.25, -0.2) is 4.79 Å². The lowest BCUT2D eigenvalue weighted by Gasteiger charge is -2.17. The number of anilines is 1. The molecule has 1 amide bonds. The van der Waals surface area contributed by atoms with Gasteiger partial charge in [0.1, 0.15) is 0 Å². The van der Waals surface area contributed by atoms with E-state index in [1.165, 1.54) is 6.08 Å². The average Bonchev–Trinajstić information content (AvgIpc) is 2.67. The third-order valence-electron chi connectivity index (χ3n) is 4.24. The molecule has 1 N–H and O–H groups in total. The number of hydrogen-bond acceptors (Lipinski definition) is 3. The van der Waals surface area contributed by atoms with Gasteiger partial charge in [0.25, 0.3) is 5.91 Å². The zero-order valence-corrected chi connectivity index (χ0v) is 15.4. The number of esters is 1. The molecule has 0 aromatic heterocycles. The van der Waals surface area contributed by atoms with Crippen molar-refractivity contribution in [2.24, 2.45) is 0 Å². The summed E-state index contributed by atoms with van der Waals surface area (Å²) in [6, 6.07) is 17.1. The summed E-state index contributed by atoms with van der Waals surface area (Å²) in [7, 11) is 0. The monoisotopic (exact) mass is 351 g/mol. The molecule has 0 radical (unpaired) electrons. The lowest BCUT2D eigenvalue weighted by molar-refractivity contribution is -0.148. The van der Waals surface area contributed by atoms with E-state index < -0.39 is 12.1 Å². The molecule has 0 aliphatic rings. The normalized spacial score (nSPS) is 13.2. The van der Waals surface area contributed by atoms with Crippen molar-refractivity contribution >= 4 is 23.6 Å². The molecule has 0 aliphatic carbocycles. The molecule has 0 fully saturated rings. The highest BCUT2D eigenvalue weighted by molar-refractivity contribution is 5.97. The molecule has 4 heteroatoms. The lowest BCUT2D eigenvalue weighted by atomic mass is 9.97. The Kier molecular flexibility index (Phi) is 7.15. The molecule has 2 rings (SSSR count). The molecule has 2 aromatic rings. The standard InChI is InChI=1S/C22H25NO3/c1-4-16(2)19-12-8-9-13-20(19)23-22(25)17(3)26-21(24)15-14-18-10-6-5-7-11-18/h5-17H,4H2,1-3H3,(H,23,25)/b15-14+/t16-,17+/m0/s1. The molecule has 4 nitrogen and oxygen atoms in total. The Labute approximate surface area is 154 Å². The van der Waals surface area contributed by atoms with E-state index in [1.54, 1.807) is 13.0 Å². The summed E-state index contributed by atoms with van der Waals surface area (Å²) in [5.74, 6) is -0.563. The fourth-order valence-corrected chi connectivity index (χ4v) is 2.49. The number of carbonyl (C=O) groups excluding carboxylic acids is 2. The van der Waals surface area contributed by atoms with Crippen LogP contribution < -0.4 is 5.32 Å². The van der Waals surface area contributed by atoms with Gasteiger partial charge in [0.15, 0.2) is 6.10 Å². The van der Waals surface area contributed by atoms with Crippen molar-refractivity contribution in [3.8, 4) is 0 Å². The number of para-hydroxylation sites is 1. The van der Waals surface area contributed by atoms with E-state index in [2.05, 4.69) is 19.2 Å². The SMILES string of the molecule is CC[C@H](C)c1ccccc1NC(=O)[C@@H](C)OC(=O)/C=C/c1ccccc1. The molecular weight excluding hydrogens is 326 g/mol. The predicted molar refractivity (Wildman–Crippen MR) is 105 cm³/mol. The summed E-state index contributed by atoms with van der Waals surface area (Å²) in [4.78, 5) is 24.3. The van der Waals surface area contributed by atoms with Gasteiger partial charge in [-0.15, -0.1) is 0 Å². The lowest BCUT2D eigenvalue weighted by Crippen LogP contribution is -2.29. The minimum absolute atomic E-state index is 0.332. The first kappa shape index (κ1) is 19.4. The maximum Gasteiger partial charge on any atom is 0.331 e. The Morgan fingerprint density at radius 1 is 1.04 bits per heavy atom. The summed E-state index contributed by atoms with van der Waals surface area (Å²) < 4.78 is 5.19. The molecule has 26 heavy (non-hydrogen) atoms. The van der Waals surface area contributed by atoms with Gasteiger partial charge in [-0.1, -0.05) is 62.4 Å². The highest BCUT2D eigenvalue weighted by Gasteiger charge is 2.18. The summed E-state index contributed by atoms with van der Waals surface area (Å²) >= 11 is 0. The predicted octanol–water partition coefficient (Wildman–Crippen LogP) is 4.78. The van der Waals surface area contributed by atoms with Crippen LogP contribution >= 0.6 is 0 Å². The minimum atomic E-state index is -0.882. The Morgan fingerprint density at radius 3 is 2.38 bits per heavy atom. The van der Waals surface area contributed by atoms with Gasteiger partial charge in [-0.05, 0) is 42.5 Å². The average molecular weight is 351 g/mol. The Hall–Kier alpha value is -2.88. The Balaban J connectivity index is 1.96. The second-order valence-corrected chi connectivity index (χ2v) is 6.21. The van der Waals surface area contributed by atoms with Gasteiger partial charge in [-0.3, -0.25) is 4.79 Å². The fourth-order valence-electron chi connectivity index (χ4n) is 2.49. The number of hydrogen-bond donors (Lipinski definition) is 1. The zero-order valence-electron chi connectivity index (χ0n) is 15.4. The van der Waals surface area contributed by atoms with Crippen LogP contribution in [0.4, 0.5) is 5.69 Å². The summed E-state index contributed by atoms with van der Waals surface area (Å²) in [6.45, 7) is 5.78. The number of amides is 1. The molecule has 0 heterocycles. The largest absolute Gasteiger partial charge is 0.449 e. The maximum absolute atomic E-state index is 12.4. The van der Waals surface area contributed by atoms with Crippen LogP contribution in [0.1, 0.15) is 44.2 Å².